The first-order valence-corrected chi connectivity index (χ1v) is 5.40. The highest BCUT2D eigenvalue weighted by Crippen LogP contribution is 2.51. The molecule has 2 nitrogen and oxygen atoms in total. The minimum atomic E-state index is -0.517. The quantitative estimate of drug-likeness (QED) is 0.748. The number of benzene rings is 1. The lowest BCUT2D eigenvalue weighted by atomic mass is 9.96. The first-order chi connectivity index (χ1) is 7.10. The summed E-state index contributed by atoms with van der Waals surface area (Å²) in [5, 5.41) is 1.11. The molecule has 4 heteroatoms. The predicted molar refractivity (Wildman–Crippen MR) is 59.4 cm³/mol. The molecule has 1 saturated carbocycles. The number of ether oxygens (including phenoxy) is 1. The van der Waals surface area contributed by atoms with Gasteiger partial charge in [0, 0.05) is 10.0 Å². The maximum atomic E-state index is 11.6. The molecule has 1 aliphatic carbocycles. The summed E-state index contributed by atoms with van der Waals surface area (Å²) in [5.41, 5.74) is 0.302. The van der Waals surface area contributed by atoms with Crippen LogP contribution in [0.1, 0.15) is 18.4 Å². The molecule has 0 heterocycles. The third kappa shape index (κ3) is 1.72. The molecule has 0 N–H and O–H groups in total. The number of halogens is 2. The third-order valence-corrected chi connectivity index (χ3v) is 3.32. The van der Waals surface area contributed by atoms with E-state index >= 15 is 0 Å². The van der Waals surface area contributed by atoms with Crippen molar-refractivity contribution in [3.05, 3.63) is 33.8 Å². The second-order valence-corrected chi connectivity index (χ2v) is 4.54. The van der Waals surface area contributed by atoms with Gasteiger partial charge in [0.2, 0.25) is 0 Å². The molecule has 0 radical (unpaired) electrons. The van der Waals surface area contributed by atoms with Crippen molar-refractivity contribution in [3.8, 4) is 0 Å². The van der Waals surface area contributed by atoms with E-state index < -0.39 is 5.41 Å². The first-order valence-electron chi connectivity index (χ1n) is 4.64. The zero-order valence-electron chi connectivity index (χ0n) is 8.22. The van der Waals surface area contributed by atoms with Gasteiger partial charge in [-0.3, -0.25) is 4.79 Å². The first kappa shape index (κ1) is 10.8. The van der Waals surface area contributed by atoms with Gasteiger partial charge in [0.25, 0.3) is 0 Å². The van der Waals surface area contributed by atoms with Gasteiger partial charge in [0.1, 0.15) is 0 Å². The molecular formula is C11H10Cl2O2. The Labute approximate surface area is 98.1 Å². The van der Waals surface area contributed by atoms with E-state index in [4.69, 9.17) is 27.9 Å². The molecule has 0 unspecified atom stereocenters. The highest BCUT2D eigenvalue weighted by atomic mass is 35.5. The van der Waals surface area contributed by atoms with Gasteiger partial charge in [0.05, 0.1) is 12.5 Å². The largest absolute Gasteiger partial charge is 0.468 e. The average molecular weight is 245 g/mol. The molecule has 80 valence electrons. The lowest BCUT2D eigenvalue weighted by Gasteiger charge is -2.14. The van der Waals surface area contributed by atoms with Crippen LogP contribution >= 0.6 is 23.2 Å². The minimum Gasteiger partial charge on any atom is -0.468 e. The number of esters is 1. The van der Waals surface area contributed by atoms with Crippen LogP contribution < -0.4 is 0 Å². The van der Waals surface area contributed by atoms with E-state index in [9.17, 15) is 4.79 Å². The highest BCUT2D eigenvalue weighted by Gasteiger charge is 2.53. The van der Waals surface area contributed by atoms with Gasteiger partial charge >= 0.3 is 5.97 Å². The van der Waals surface area contributed by atoms with Crippen molar-refractivity contribution in [2.45, 2.75) is 18.3 Å². The smallest absolute Gasteiger partial charge is 0.316 e. The van der Waals surface area contributed by atoms with Gasteiger partial charge in [-0.1, -0.05) is 29.3 Å². The maximum Gasteiger partial charge on any atom is 0.316 e. The molecule has 1 aromatic carbocycles. The molecule has 15 heavy (non-hydrogen) atoms. The highest BCUT2D eigenvalue weighted by molar-refractivity contribution is 6.35. The Morgan fingerprint density at radius 1 is 1.40 bits per heavy atom. The predicted octanol–water partition coefficient (Wildman–Crippen LogP) is 3.20. The van der Waals surface area contributed by atoms with Crippen LogP contribution in [0, 0.1) is 0 Å². The number of carbonyl (C=O) groups excluding carboxylic acids is 1. The van der Waals surface area contributed by atoms with E-state index in [1.165, 1.54) is 7.11 Å². The average Bonchev–Trinajstić information content (AvgIpc) is 2.97. The zero-order valence-corrected chi connectivity index (χ0v) is 9.73. The molecule has 1 fully saturated rings. The Bertz CT molecular complexity index is 411. The molecule has 2 rings (SSSR count). The van der Waals surface area contributed by atoms with Gasteiger partial charge in [-0.25, -0.2) is 0 Å². The summed E-state index contributed by atoms with van der Waals surface area (Å²) in [6, 6.07) is 5.20. The topological polar surface area (TPSA) is 26.3 Å². The van der Waals surface area contributed by atoms with E-state index in [0.29, 0.717) is 10.0 Å². The van der Waals surface area contributed by atoms with E-state index in [1.807, 2.05) is 0 Å². The van der Waals surface area contributed by atoms with Crippen LogP contribution in [0.15, 0.2) is 18.2 Å². The molecule has 0 aliphatic heterocycles. The Hall–Kier alpha value is -0.730. The monoisotopic (exact) mass is 244 g/mol. The molecule has 0 atom stereocenters. The van der Waals surface area contributed by atoms with Crippen LogP contribution in [0.2, 0.25) is 10.0 Å². The van der Waals surface area contributed by atoms with E-state index in [2.05, 4.69) is 0 Å². The molecule has 0 amide bonds. The molecule has 0 bridgehead atoms. The van der Waals surface area contributed by atoms with Crippen molar-refractivity contribution in [2.24, 2.45) is 0 Å². The molecule has 0 aromatic heterocycles. The lowest BCUT2D eigenvalue weighted by Crippen LogP contribution is -2.22. The molecule has 0 saturated heterocycles. The fraction of sp³-hybridized carbons (Fsp3) is 0.364. The number of hydrogen-bond acceptors (Lipinski definition) is 2. The van der Waals surface area contributed by atoms with Gasteiger partial charge in [-0.2, -0.15) is 0 Å². The van der Waals surface area contributed by atoms with E-state index in [-0.39, 0.29) is 5.97 Å². The molecular weight excluding hydrogens is 235 g/mol. The SMILES string of the molecule is COC(=O)C1(c2ccc(Cl)cc2Cl)CC1. The van der Waals surface area contributed by atoms with Crippen molar-refractivity contribution in [1.82, 2.24) is 0 Å². The van der Waals surface area contributed by atoms with Crippen molar-refractivity contribution in [2.75, 3.05) is 7.11 Å². The molecule has 1 aromatic rings. The molecule has 1 aliphatic rings. The van der Waals surface area contributed by atoms with Gasteiger partial charge in [-0.15, -0.1) is 0 Å². The van der Waals surface area contributed by atoms with Crippen LogP contribution in [-0.4, -0.2) is 13.1 Å². The van der Waals surface area contributed by atoms with Gasteiger partial charge < -0.3 is 4.74 Å². The van der Waals surface area contributed by atoms with E-state index in [0.717, 1.165) is 18.4 Å². The second kappa shape index (κ2) is 3.69. The minimum absolute atomic E-state index is 0.216. The fourth-order valence-electron chi connectivity index (χ4n) is 1.78. The van der Waals surface area contributed by atoms with Crippen LogP contribution in [0.3, 0.4) is 0 Å². The van der Waals surface area contributed by atoms with Crippen molar-refractivity contribution in [1.29, 1.82) is 0 Å². The summed E-state index contributed by atoms with van der Waals surface area (Å²) in [4.78, 5) is 11.6. The Kier molecular flexibility index (Phi) is 2.65. The van der Waals surface area contributed by atoms with Crippen molar-refractivity contribution >= 4 is 29.2 Å². The number of methoxy groups -OCH3 is 1. The number of rotatable bonds is 2. The standard InChI is InChI=1S/C11H10Cl2O2/c1-15-10(14)11(4-5-11)8-3-2-7(12)6-9(8)13/h2-3,6H,4-5H2,1H3. The summed E-state index contributed by atoms with van der Waals surface area (Å²) in [6.07, 6.45) is 1.59. The maximum absolute atomic E-state index is 11.6. The van der Waals surface area contributed by atoms with Crippen LogP contribution in [0.4, 0.5) is 0 Å². The second-order valence-electron chi connectivity index (χ2n) is 3.70. The lowest BCUT2D eigenvalue weighted by molar-refractivity contribution is -0.143. The van der Waals surface area contributed by atoms with E-state index in [1.54, 1.807) is 18.2 Å². The summed E-state index contributed by atoms with van der Waals surface area (Å²) < 4.78 is 4.79. The van der Waals surface area contributed by atoms with Crippen molar-refractivity contribution in [3.63, 3.8) is 0 Å². The van der Waals surface area contributed by atoms with Gasteiger partial charge in [-0.05, 0) is 30.5 Å². The fourth-order valence-corrected chi connectivity index (χ4v) is 2.37. The summed E-state index contributed by atoms with van der Waals surface area (Å²) in [5.74, 6) is -0.216. The number of hydrogen-bond donors (Lipinski definition) is 0. The Morgan fingerprint density at radius 3 is 2.53 bits per heavy atom. The normalized spacial score (nSPS) is 17.3. The summed E-state index contributed by atoms with van der Waals surface area (Å²) in [7, 11) is 1.40. The third-order valence-electron chi connectivity index (χ3n) is 2.77. The summed E-state index contributed by atoms with van der Waals surface area (Å²) in [6.45, 7) is 0. The Balaban J connectivity index is 2.42. The zero-order chi connectivity index (χ0) is 11.1. The van der Waals surface area contributed by atoms with Gasteiger partial charge in [0.15, 0.2) is 0 Å². The Morgan fingerprint density at radius 2 is 2.07 bits per heavy atom. The molecule has 0 spiro atoms. The van der Waals surface area contributed by atoms with Crippen LogP contribution in [-0.2, 0) is 14.9 Å². The summed E-state index contributed by atoms with van der Waals surface area (Å²) >= 11 is 11.9. The van der Waals surface area contributed by atoms with Crippen LogP contribution in [0.25, 0.3) is 0 Å². The van der Waals surface area contributed by atoms with Crippen LogP contribution in [0.5, 0.6) is 0 Å². The number of carbonyl (C=O) groups is 1. The van der Waals surface area contributed by atoms with Crippen molar-refractivity contribution < 1.29 is 9.53 Å².